The number of halogens is 1. The quantitative estimate of drug-likeness (QED) is 0.647. The van der Waals surface area contributed by atoms with Gasteiger partial charge < -0.3 is 14.6 Å². The van der Waals surface area contributed by atoms with Gasteiger partial charge in [-0.3, -0.25) is 0 Å². The Hall–Kier alpha value is -0.580. The molecule has 0 radical (unpaired) electrons. The maximum atomic E-state index is 9.64. The molecule has 1 atom stereocenters. The van der Waals surface area contributed by atoms with Crippen LogP contribution in [0.1, 0.15) is 31.4 Å². The van der Waals surface area contributed by atoms with Gasteiger partial charge in [-0.05, 0) is 43.9 Å². The standard InChI is InChI=1S/C13H17BrO3/c1-9(15)12-6-11(14)4-5-13(12)17-8-16-7-10-2-3-10/h4-6,9-10,15H,2-3,7-8H2,1H3/t9-/m1/s1. The third-order valence-corrected chi connectivity index (χ3v) is 3.26. The number of ether oxygens (including phenoxy) is 2. The first kappa shape index (κ1) is 12.9. The van der Waals surface area contributed by atoms with Crippen molar-refractivity contribution in [3.05, 3.63) is 28.2 Å². The Morgan fingerprint density at radius 3 is 2.88 bits per heavy atom. The van der Waals surface area contributed by atoms with Crippen LogP contribution in [0.2, 0.25) is 0 Å². The molecule has 2 rings (SSSR count). The Labute approximate surface area is 110 Å². The van der Waals surface area contributed by atoms with E-state index in [1.165, 1.54) is 12.8 Å². The lowest BCUT2D eigenvalue weighted by Crippen LogP contribution is -2.07. The summed E-state index contributed by atoms with van der Waals surface area (Å²) < 4.78 is 11.9. The lowest BCUT2D eigenvalue weighted by atomic mass is 10.1. The van der Waals surface area contributed by atoms with E-state index in [-0.39, 0.29) is 6.79 Å². The largest absolute Gasteiger partial charge is 0.467 e. The van der Waals surface area contributed by atoms with E-state index in [9.17, 15) is 5.11 Å². The molecule has 4 heteroatoms. The van der Waals surface area contributed by atoms with Crippen LogP contribution in [0, 0.1) is 5.92 Å². The molecule has 1 aliphatic rings. The Kier molecular flexibility index (Phi) is 4.42. The van der Waals surface area contributed by atoms with Gasteiger partial charge >= 0.3 is 0 Å². The summed E-state index contributed by atoms with van der Waals surface area (Å²) in [6, 6.07) is 5.59. The Balaban J connectivity index is 1.89. The van der Waals surface area contributed by atoms with Gasteiger partial charge in [-0.1, -0.05) is 15.9 Å². The molecule has 0 unspecified atom stereocenters. The van der Waals surface area contributed by atoms with Crippen molar-refractivity contribution >= 4 is 15.9 Å². The number of hydrogen-bond donors (Lipinski definition) is 1. The van der Waals surface area contributed by atoms with Gasteiger partial charge in [0.25, 0.3) is 0 Å². The second-order valence-electron chi connectivity index (χ2n) is 4.43. The van der Waals surface area contributed by atoms with Gasteiger partial charge in [-0.25, -0.2) is 0 Å². The predicted molar refractivity (Wildman–Crippen MR) is 68.9 cm³/mol. The molecule has 1 N–H and O–H groups in total. The SMILES string of the molecule is C[C@@H](O)c1cc(Br)ccc1OCOCC1CC1. The highest BCUT2D eigenvalue weighted by Gasteiger charge is 2.21. The fraction of sp³-hybridized carbons (Fsp3) is 0.538. The molecule has 0 aromatic heterocycles. The Bertz CT molecular complexity index is 375. The summed E-state index contributed by atoms with van der Waals surface area (Å²) in [4.78, 5) is 0. The normalized spacial score (nSPS) is 16.9. The molecule has 1 aromatic rings. The van der Waals surface area contributed by atoms with E-state index in [2.05, 4.69) is 15.9 Å². The molecule has 3 nitrogen and oxygen atoms in total. The molecule has 1 fully saturated rings. The first-order valence-electron chi connectivity index (χ1n) is 5.85. The minimum Gasteiger partial charge on any atom is -0.467 e. The molecule has 0 amide bonds. The molecule has 0 heterocycles. The summed E-state index contributed by atoms with van der Waals surface area (Å²) >= 11 is 3.38. The van der Waals surface area contributed by atoms with Crippen molar-refractivity contribution in [2.75, 3.05) is 13.4 Å². The molecule has 0 saturated heterocycles. The zero-order valence-corrected chi connectivity index (χ0v) is 11.4. The smallest absolute Gasteiger partial charge is 0.189 e. The van der Waals surface area contributed by atoms with Gasteiger partial charge in [0, 0.05) is 10.0 Å². The summed E-state index contributed by atoms with van der Waals surface area (Å²) in [5, 5.41) is 9.64. The molecule has 1 saturated carbocycles. The van der Waals surface area contributed by atoms with E-state index in [4.69, 9.17) is 9.47 Å². The lowest BCUT2D eigenvalue weighted by Gasteiger charge is -2.13. The van der Waals surface area contributed by atoms with E-state index >= 15 is 0 Å². The molecule has 0 spiro atoms. The van der Waals surface area contributed by atoms with Crippen molar-refractivity contribution in [1.82, 2.24) is 0 Å². The Morgan fingerprint density at radius 1 is 1.47 bits per heavy atom. The van der Waals surface area contributed by atoms with Crippen molar-refractivity contribution < 1.29 is 14.6 Å². The third kappa shape index (κ3) is 3.98. The molecule has 1 aromatic carbocycles. The summed E-state index contributed by atoms with van der Waals surface area (Å²) in [7, 11) is 0. The van der Waals surface area contributed by atoms with Crippen molar-refractivity contribution in [2.45, 2.75) is 25.9 Å². The van der Waals surface area contributed by atoms with Gasteiger partial charge in [0.1, 0.15) is 5.75 Å². The van der Waals surface area contributed by atoms with Crippen LogP contribution in [-0.4, -0.2) is 18.5 Å². The fourth-order valence-corrected chi connectivity index (χ4v) is 1.96. The maximum absolute atomic E-state index is 9.64. The van der Waals surface area contributed by atoms with Crippen LogP contribution >= 0.6 is 15.9 Å². The van der Waals surface area contributed by atoms with Crippen molar-refractivity contribution in [1.29, 1.82) is 0 Å². The highest BCUT2D eigenvalue weighted by molar-refractivity contribution is 9.10. The third-order valence-electron chi connectivity index (χ3n) is 2.77. The number of benzene rings is 1. The van der Waals surface area contributed by atoms with Gasteiger partial charge in [-0.15, -0.1) is 0 Å². The first-order valence-corrected chi connectivity index (χ1v) is 6.64. The van der Waals surface area contributed by atoms with Gasteiger partial charge in [0.15, 0.2) is 6.79 Å². The number of aliphatic hydroxyl groups excluding tert-OH is 1. The van der Waals surface area contributed by atoms with E-state index in [0.717, 1.165) is 22.6 Å². The van der Waals surface area contributed by atoms with Crippen LogP contribution in [0.3, 0.4) is 0 Å². The summed E-state index contributed by atoms with van der Waals surface area (Å²) in [6.45, 7) is 2.75. The predicted octanol–water partition coefficient (Wildman–Crippen LogP) is 3.27. The molecular weight excluding hydrogens is 284 g/mol. The molecule has 0 bridgehead atoms. The number of aliphatic hydroxyl groups is 1. The average molecular weight is 301 g/mol. The summed E-state index contributed by atoms with van der Waals surface area (Å²) in [6.07, 6.45) is 2.00. The summed E-state index contributed by atoms with van der Waals surface area (Å²) in [5.41, 5.74) is 0.773. The van der Waals surface area contributed by atoms with Crippen LogP contribution in [0.4, 0.5) is 0 Å². The summed E-state index contributed by atoms with van der Waals surface area (Å²) in [5.74, 6) is 1.42. The minimum atomic E-state index is -0.550. The molecule has 17 heavy (non-hydrogen) atoms. The van der Waals surface area contributed by atoms with E-state index < -0.39 is 6.10 Å². The van der Waals surface area contributed by atoms with Crippen LogP contribution in [0.15, 0.2) is 22.7 Å². The van der Waals surface area contributed by atoms with E-state index in [0.29, 0.717) is 5.75 Å². The molecule has 94 valence electrons. The van der Waals surface area contributed by atoms with Crippen LogP contribution < -0.4 is 4.74 Å². The molecule has 1 aliphatic carbocycles. The van der Waals surface area contributed by atoms with Gasteiger partial charge in [0.05, 0.1) is 12.7 Å². The Morgan fingerprint density at radius 2 is 2.24 bits per heavy atom. The van der Waals surface area contributed by atoms with E-state index in [1.807, 2.05) is 18.2 Å². The zero-order chi connectivity index (χ0) is 12.3. The van der Waals surface area contributed by atoms with E-state index in [1.54, 1.807) is 6.92 Å². The molecular formula is C13H17BrO3. The van der Waals surface area contributed by atoms with Crippen molar-refractivity contribution in [2.24, 2.45) is 5.92 Å². The fourth-order valence-electron chi connectivity index (χ4n) is 1.58. The monoisotopic (exact) mass is 300 g/mol. The topological polar surface area (TPSA) is 38.7 Å². The van der Waals surface area contributed by atoms with Gasteiger partial charge in [-0.2, -0.15) is 0 Å². The highest BCUT2D eigenvalue weighted by atomic mass is 79.9. The van der Waals surface area contributed by atoms with Crippen LogP contribution in [0.25, 0.3) is 0 Å². The highest BCUT2D eigenvalue weighted by Crippen LogP contribution is 2.30. The first-order chi connectivity index (χ1) is 8.16. The average Bonchev–Trinajstić information content (AvgIpc) is 3.09. The number of rotatable bonds is 6. The second-order valence-corrected chi connectivity index (χ2v) is 5.35. The number of hydrogen-bond acceptors (Lipinski definition) is 3. The van der Waals surface area contributed by atoms with Crippen LogP contribution in [0.5, 0.6) is 5.75 Å². The lowest BCUT2D eigenvalue weighted by molar-refractivity contribution is 0.00830. The van der Waals surface area contributed by atoms with Crippen molar-refractivity contribution in [3.63, 3.8) is 0 Å². The second kappa shape index (κ2) is 5.85. The minimum absolute atomic E-state index is 0.248. The van der Waals surface area contributed by atoms with Gasteiger partial charge in [0.2, 0.25) is 0 Å². The maximum Gasteiger partial charge on any atom is 0.189 e. The molecule has 0 aliphatic heterocycles. The van der Waals surface area contributed by atoms with Crippen LogP contribution in [-0.2, 0) is 4.74 Å². The van der Waals surface area contributed by atoms with Crippen molar-refractivity contribution in [3.8, 4) is 5.75 Å². The zero-order valence-electron chi connectivity index (χ0n) is 9.86.